The van der Waals surface area contributed by atoms with Crippen LogP contribution in [0.15, 0.2) is 24.4 Å². The van der Waals surface area contributed by atoms with Crippen molar-refractivity contribution >= 4 is 23.2 Å². The first kappa shape index (κ1) is 12.3. The number of alkyl halides is 3. The molecule has 0 fully saturated rings. The van der Waals surface area contributed by atoms with Gasteiger partial charge in [-0.25, -0.2) is 4.68 Å². The van der Waals surface area contributed by atoms with E-state index in [2.05, 4.69) is 5.10 Å². The topological polar surface area (TPSA) is 17.8 Å². The SMILES string of the molecule is FC(F)(F)c1[c]cnn1-c1cc(Cl)cc(Cl)c1. The van der Waals surface area contributed by atoms with Crippen molar-refractivity contribution in [1.82, 2.24) is 9.78 Å². The molecule has 1 aromatic carbocycles. The number of rotatable bonds is 1. The molecule has 17 heavy (non-hydrogen) atoms. The van der Waals surface area contributed by atoms with E-state index < -0.39 is 11.9 Å². The molecule has 0 atom stereocenters. The molecule has 0 bridgehead atoms. The maximum atomic E-state index is 12.6. The predicted octanol–water partition coefficient (Wildman–Crippen LogP) is 4.00. The first-order valence-electron chi connectivity index (χ1n) is 4.37. The summed E-state index contributed by atoms with van der Waals surface area (Å²) in [5.74, 6) is 0. The second kappa shape index (κ2) is 4.23. The highest BCUT2D eigenvalue weighted by atomic mass is 35.5. The van der Waals surface area contributed by atoms with E-state index in [4.69, 9.17) is 23.2 Å². The lowest BCUT2D eigenvalue weighted by Gasteiger charge is -2.10. The molecular formula is C10H4Cl2F3N2. The Morgan fingerprint density at radius 3 is 2.24 bits per heavy atom. The number of benzene rings is 1. The van der Waals surface area contributed by atoms with Crippen molar-refractivity contribution in [1.29, 1.82) is 0 Å². The third-order valence-electron chi connectivity index (χ3n) is 1.95. The van der Waals surface area contributed by atoms with Crippen LogP contribution in [0.1, 0.15) is 5.69 Å². The van der Waals surface area contributed by atoms with E-state index in [0.717, 1.165) is 6.20 Å². The van der Waals surface area contributed by atoms with Gasteiger partial charge in [0.05, 0.1) is 11.9 Å². The van der Waals surface area contributed by atoms with Gasteiger partial charge >= 0.3 is 6.18 Å². The van der Waals surface area contributed by atoms with Crippen LogP contribution in [0.5, 0.6) is 0 Å². The molecule has 2 rings (SSSR count). The zero-order valence-electron chi connectivity index (χ0n) is 8.09. The van der Waals surface area contributed by atoms with Crippen LogP contribution in [0.4, 0.5) is 13.2 Å². The minimum atomic E-state index is -4.54. The smallest absolute Gasteiger partial charge is 0.228 e. The molecule has 0 saturated heterocycles. The average Bonchev–Trinajstić information content (AvgIpc) is 2.63. The molecule has 0 aliphatic carbocycles. The van der Waals surface area contributed by atoms with Crippen LogP contribution in [0, 0.1) is 6.07 Å². The summed E-state index contributed by atoms with van der Waals surface area (Å²) in [6.07, 6.45) is -3.59. The maximum absolute atomic E-state index is 12.6. The van der Waals surface area contributed by atoms with E-state index in [1.807, 2.05) is 6.07 Å². The average molecular weight is 280 g/mol. The van der Waals surface area contributed by atoms with Crippen LogP contribution in [0.3, 0.4) is 0 Å². The molecule has 2 aromatic rings. The van der Waals surface area contributed by atoms with Crippen LogP contribution >= 0.6 is 23.2 Å². The highest BCUT2D eigenvalue weighted by molar-refractivity contribution is 6.34. The summed E-state index contributed by atoms with van der Waals surface area (Å²) in [7, 11) is 0. The van der Waals surface area contributed by atoms with Gasteiger partial charge in [0.2, 0.25) is 0 Å². The van der Waals surface area contributed by atoms with E-state index in [1.54, 1.807) is 0 Å². The minimum absolute atomic E-state index is 0.135. The van der Waals surface area contributed by atoms with Gasteiger partial charge < -0.3 is 0 Å². The van der Waals surface area contributed by atoms with Crippen LogP contribution in [0.2, 0.25) is 10.0 Å². The second-order valence-corrected chi connectivity index (χ2v) is 4.05. The monoisotopic (exact) mass is 279 g/mol. The number of aromatic nitrogens is 2. The highest BCUT2D eigenvalue weighted by Gasteiger charge is 2.35. The lowest BCUT2D eigenvalue weighted by molar-refractivity contribution is -0.143. The highest BCUT2D eigenvalue weighted by Crippen LogP contribution is 2.31. The van der Waals surface area contributed by atoms with Crippen molar-refractivity contribution in [2.24, 2.45) is 0 Å². The second-order valence-electron chi connectivity index (χ2n) is 3.17. The van der Waals surface area contributed by atoms with Gasteiger partial charge in [-0.15, -0.1) is 0 Å². The Hall–Kier alpha value is -1.20. The molecule has 2 nitrogen and oxygen atoms in total. The lowest BCUT2D eigenvalue weighted by Crippen LogP contribution is -2.13. The van der Waals surface area contributed by atoms with Gasteiger partial charge in [-0.2, -0.15) is 18.3 Å². The molecule has 7 heteroatoms. The minimum Gasteiger partial charge on any atom is -0.228 e. The third-order valence-corrected chi connectivity index (χ3v) is 2.38. The fourth-order valence-electron chi connectivity index (χ4n) is 1.33. The van der Waals surface area contributed by atoms with Gasteiger partial charge in [0.15, 0.2) is 5.69 Å². The Labute approximate surface area is 105 Å². The van der Waals surface area contributed by atoms with E-state index in [0.29, 0.717) is 4.68 Å². The molecule has 0 unspecified atom stereocenters. The van der Waals surface area contributed by atoms with Crippen LogP contribution in [-0.2, 0) is 6.18 Å². The fourth-order valence-corrected chi connectivity index (χ4v) is 1.84. The van der Waals surface area contributed by atoms with Gasteiger partial charge in [0.1, 0.15) is 0 Å². The molecule has 1 radical (unpaired) electrons. The zero-order valence-corrected chi connectivity index (χ0v) is 9.61. The molecule has 0 amide bonds. The van der Waals surface area contributed by atoms with Crippen LogP contribution in [-0.4, -0.2) is 9.78 Å². The van der Waals surface area contributed by atoms with Gasteiger partial charge in [-0.3, -0.25) is 0 Å². The summed E-state index contributed by atoms with van der Waals surface area (Å²) in [6, 6.07) is 6.12. The van der Waals surface area contributed by atoms with Gasteiger partial charge in [0.25, 0.3) is 0 Å². The maximum Gasteiger partial charge on any atom is 0.434 e. The number of nitrogens with zero attached hydrogens (tertiary/aromatic N) is 2. The quantitative estimate of drug-likeness (QED) is 0.772. The summed E-state index contributed by atoms with van der Waals surface area (Å²) >= 11 is 11.4. The molecule has 0 aliphatic rings. The predicted molar refractivity (Wildman–Crippen MR) is 57.4 cm³/mol. The molecule has 0 N–H and O–H groups in total. The summed E-state index contributed by atoms with van der Waals surface area (Å²) < 4.78 is 38.5. The Morgan fingerprint density at radius 2 is 1.71 bits per heavy atom. The van der Waals surface area contributed by atoms with Gasteiger partial charge in [-0.05, 0) is 18.2 Å². The van der Waals surface area contributed by atoms with E-state index in [1.165, 1.54) is 18.2 Å². The van der Waals surface area contributed by atoms with E-state index in [-0.39, 0.29) is 15.7 Å². The van der Waals surface area contributed by atoms with Crippen molar-refractivity contribution in [2.75, 3.05) is 0 Å². The first-order chi connectivity index (χ1) is 7.88. The molecule has 1 heterocycles. The van der Waals surface area contributed by atoms with Crippen molar-refractivity contribution in [3.8, 4) is 5.69 Å². The Kier molecular flexibility index (Phi) is 3.05. The van der Waals surface area contributed by atoms with E-state index >= 15 is 0 Å². The molecule has 0 saturated carbocycles. The van der Waals surface area contributed by atoms with Crippen molar-refractivity contribution in [3.05, 3.63) is 46.2 Å². The fraction of sp³-hybridized carbons (Fsp3) is 0.100. The molecular weight excluding hydrogens is 276 g/mol. The van der Waals surface area contributed by atoms with E-state index in [9.17, 15) is 13.2 Å². The van der Waals surface area contributed by atoms with Crippen molar-refractivity contribution in [3.63, 3.8) is 0 Å². The van der Waals surface area contributed by atoms with Gasteiger partial charge in [-0.1, -0.05) is 23.2 Å². The molecule has 0 spiro atoms. The summed E-state index contributed by atoms with van der Waals surface area (Å²) in [6.45, 7) is 0. The lowest BCUT2D eigenvalue weighted by atomic mass is 10.3. The zero-order chi connectivity index (χ0) is 12.6. The van der Waals surface area contributed by atoms with Gasteiger partial charge in [0, 0.05) is 16.1 Å². The number of hydrogen-bond donors (Lipinski definition) is 0. The standard InChI is InChI=1S/C10H4Cl2F3N2/c11-6-3-7(12)5-8(4-6)17-9(1-2-16-17)10(13,14)15/h2-5H. The van der Waals surface area contributed by atoms with Crippen LogP contribution < -0.4 is 0 Å². The molecule has 1 aromatic heterocycles. The van der Waals surface area contributed by atoms with Crippen molar-refractivity contribution in [2.45, 2.75) is 6.18 Å². The Morgan fingerprint density at radius 1 is 1.12 bits per heavy atom. The normalized spacial score (nSPS) is 11.8. The number of hydrogen-bond acceptors (Lipinski definition) is 1. The number of halogens is 5. The largest absolute Gasteiger partial charge is 0.434 e. The van der Waals surface area contributed by atoms with Crippen molar-refractivity contribution < 1.29 is 13.2 Å². The molecule has 89 valence electrons. The Bertz CT molecular complexity index is 528. The summed E-state index contributed by atoms with van der Waals surface area (Å²) in [4.78, 5) is 0. The summed E-state index contributed by atoms with van der Waals surface area (Å²) in [5.41, 5.74) is -0.869. The van der Waals surface area contributed by atoms with Crippen LogP contribution in [0.25, 0.3) is 5.69 Å². The summed E-state index contributed by atoms with van der Waals surface area (Å²) in [5, 5.41) is 4.02. The first-order valence-corrected chi connectivity index (χ1v) is 5.13. The Balaban J connectivity index is 2.57. The third kappa shape index (κ3) is 2.56. The molecule has 0 aliphatic heterocycles.